The van der Waals surface area contributed by atoms with Crippen molar-refractivity contribution < 1.29 is 14.3 Å². The van der Waals surface area contributed by atoms with Gasteiger partial charge in [0, 0.05) is 11.8 Å². The van der Waals surface area contributed by atoms with E-state index in [1.165, 1.54) is 7.11 Å². The van der Waals surface area contributed by atoms with Crippen LogP contribution in [0.3, 0.4) is 0 Å². The largest absolute Gasteiger partial charge is 0.468 e. The van der Waals surface area contributed by atoms with Crippen LogP contribution in [0.2, 0.25) is 0 Å². The maximum atomic E-state index is 11.7. The molecule has 0 aromatic heterocycles. The molecule has 0 aliphatic rings. The average Bonchev–Trinajstić information content (AvgIpc) is 2.26. The first-order valence-corrected chi connectivity index (χ1v) is 5.98. The summed E-state index contributed by atoms with van der Waals surface area (Å²) in [6.45, 7) is 5.86. The monoisotopic (exact) mass is 262 g/mol. The topological polar surface area (TPSA) is 94.5 Å². The predicted octanol–water partition coefficient (Wildman–Crippen LogP) is 1.37. The molecule has 0 spiro atoms. The molecule has 17 heavy (non-hydrogen) atoms. The van der Waals surface area contributed by atoms with Gasteiger partial charge in [-0.1, -0.05) is 13.8 Å². The standard InChI is InChI=1S/C9H18N4O3S/c1-5-11-8(14)13(7(10)16-4)9(15)12-17-6(2)3/h6,10H,5H2,1-4H3,(H,11,14)(H,12,15). The third-order valence-corrected chi connectivity index (χ3v) is 2.28. The van der Waals surface area contributed by atoms with E-state index in [2.05, 4.69) is 14.8 Å². The van der Waals surface area contributed by atoms with Gasteiger partial charge >= 0.3 is 18.1 Å². The van der Waals surface area contributed by atoms with Crippen LogP contribution < -0.4 is 10.0 Å². The summed E-state index contributed by atoms with van der Waals surface area (Å²) in [6, 6.07) is -1.93. The second-order valence-corrected chi connectivity index (χ2v) is 4.64. The van der Waals surface area contributed by atoms with Gasteiger partial charge < -0.3 is 10.1 Å². The lowest BCUT2D eigenvalue weighted by molar-refractivity contribution is 0.198. The summed E-state index contributed by atoms with van der Waals surface area (Å²) in [5.74, 6) is 0. The van der Waals surface area contributed by atoms with Gasteiger partial charge in [0.15, 0.2) is 0 Å². The highest BCUT2D eigenvalue weighted by atomic mass is 32.2. The quantitative estimate of drug-likeness (QED) is 0.406. The average molecular weight is 262 g/mol. The molecule has 0 bridgehead atoms. The molecule has 0 fully saturated rings. The van der Waals surface area contributed by atoms with E-state index in [-0.39, 0.29) is 5.25 Å². The third kappa shape index (κ3) is 5.43. The Morgan fingerprint density at radius 3 is 2.41 bits per heavy atom. The highest BCUT2D eigenvalue weighted by Gasteiger charge is 2.26. The summed E-state index contributed by atoms with van der Waals surface area (Å²) >= 11 is 1.16. The van der Waals surface area contributed by atoms with Gasteiger partial charge in [-0.3, -0.25) is 10.1 Å². The van der Waals surface area contributed by atoms with Crippen molar-refractivity contribution in [1.82, 2.24) is 14.9 Å². The van der Waals surface area contributed by atoms with E-state index in [4.69, 9.17) is 5.41 Å². The molecule has 0 saturated heterocycles. The first-order chi connectivity index (χ1) is 7.93. The number of hydrogen-bond donors (Lipinski definition) is 3. The number of amides is 4. The molecule has 3 N–H and O–H groups in total. The van der Waals surface area contributed by atoms with Crippen molar-refractivity contribution in [3.8, 4) is 0 Å². The Bertz CT molecular complexity index is 296. The Kier molecular flexibility index (Phi) is 7.11. The molecule has 0 aliphatic carbocycles. The highest BCUT2D eigenvalue weighted by Crippen LogP contribution is 2.05. The molecule has 0 saturated carbocycles. The fourth-order valence-electron chi connectivity index (χ4n) is 0.812. The van der Waals surface area contributed by atoms with E-state index in [1.807, 2.05) is 13.8 Å². The zero-order valence-corrected chi connectivity index (χ0v) is 11.2. The number of carbonyl (C=O) groups is 2. The van der Waals surface area contributed by atoms with Crippen molar-refractivity contribution in [3.05, 3.63) is 0 Å². The second-order valence-electron chi connectivity index (χ2n) is 3.25. The van der Waals surface area contributed by atoms with Crippen LogP contribution in [0.15, 0.2) is 0 Å². The number of carbonyl (C=O) groups excluding carboxylic acids is 2. The highest BCUT2D eigenvalue weighted by molar-refractivity contribution is 7.98. The van der Waals surface area contributed by atoms with Crippen LogP contribution in [0.1, 0.15) is 20.8 Å². The minimum atomic E-state index is -0.707. The molecule has 98 valence electrons. The molecule has 0 aliphatic heterocycles. The van der Waals surface area contributed by atoms with Crippen molar-refractivity contribution >= 4 is 30.0 Å². The number of nitrogens with one attached hydrogen (secondary N) is 3. The molecular formula is C9H18N4O3S. The number of hydrogen-bond acceptors (Lipinski definition) is 5. The first kappa shape index (κ1) is 15.6. The predicted molar refractivity (Wildman–Crippen MR) is 66.9 cm³/mol. The van der Waals surface area contributed by atoms with E-state index in [0.717, 1.165) is 11.9 Å². The van der Waals surface area contributed by atoms with E-state index in [0.29, 0.717) is 11.4 Å². The number of ether oxygens (including phenoxy) is 1. The van der Waals surface area contributed by atoms with Crippen LogP contribution >= 0.6 is 11.9 Å². The van der Waals surface area contributed by atoms with Gasteiger partial charge in [0.1, 0.15) is 0 Å². The Morgan fingerprint density at radius 1 is 1.41 bits per heavy atom. The van der Waals surface area contributed by atoms with Gasteiger partial charge in [0.2, 0.25) is 0 Å². The number of amidine groups is 1. The molecule has 0 rings (SSSR count). The number of rotatable bonds is 3. The van der Waals surface area contributed by atoms with E-state index < -0.39 is 18.1 Å². The Morgan fingerprint density at radius 2 is 2.00 bits per heavy atom. The molecule has 0 unspecified atom stereocenters. The lowest BCUT2D eigenvalue weighted by Gasteiger charge is -2.20. The van der Waals surface area contributed by atoms with Crippen LogP contribution in [0.25, 0.3) is 0 Å². The van der Waals surface area contributed by atoms with Gasteiger partial charge in [-0.2, -0.15) is 4.90 Å². The zero-order valence-electron chi connectivity index (χ0n) is 10.4. The zero-order chi connectivity index (χ0) is 13.4. The van der Waals surface area contributed by atoms with Gasteiger partial charge in [0.25, 0.3) is 0 Å². The molecule has 8 heteroatoms. The molecule has 0 radical (unpaired) electrons. The van der Waals surface area contributed by atoms with Crippen molar-refractivity contribution in [1.29, 1.82) is 5.41 Å². The van der Waals surface area contributed by atoms with Gasteiger partial charge in [-0.25, -0.2) is 9.59 Å². The Hall–Kier alpha value is -1.44. The maximum Gasteiger partial charge on any atom is 0.343 e. The SMILES string of the molecule is CCNC(=O)N(C(=N)OC)C(=O)NSC(C)C. The fourth-order valence-corrected chi connectivity index (χ4v) is 1.24. The summed E-state index contributed by atoms with van der Waals surface area (Å²) in [6.07, 6.45) is 0. The molecule has 0 aromatic carbocycles. The van der Waals surface area contributed by atoms with Crippen LogP contribution in [-0.2, 0) is 4.74 Å². The molecule has 0 atom stereocenters. The molecular weight excluding hydrogens is 244 g/mol. The Balaban J connectivity index is 4.62. The van der Waals surface area contributed by atoms with Crippen molar-refractivity contribution in [2.24, 2.45) is 0 Å². The molecule has 4 amide bonds. The van der Waals surface area contributed by atoms with Gasteiger partial charge in [-0.15, -0.1) is 0 Å². The first-order valence-electron chi connectivity index (χ1n) is 5.10. The second kappa shape index (κ2) is 7.77. The summed E-state index contributed by atoms with van der Waals surface area (Å²) in [5.41, 5.74) is 0. The minimum absolute atomic E-state index is 0.173. The Labute approximate surface area is 105 Å². The molecule has 7 nitrogen and oxygen atoms in total. The number of urea groups is 2. The number of methoxy groups -OCH3 is 1. The molecule has 0 aromatic rings. The van der Waals surface area contributed by atoms with Gasteiger partial charge in [0.05, 0.1) is 7.11 Å². The summed E-state index contributed by atoms with van der Waals surface area (Å²) < 4.78 is 7.04. The van der Waals surface area contributed by atoms with Crippen LogP contribution in [0.4, 0.5) is 9.59 Å². The van der Waals surface area contributed by atoms with E-state index in [9.17, 15) is 9.59 Å². The number of nitrogens with zero attached hydrogens (tertiary/aromatic N) is 1. The van der Waals surface area contributed by atoms with Gasteiger partial charge in [-0.05, 0) is 18.9 Å². The van der Waals surface area contributed by atoms with Crippen molar-refractivity contribution in [2.45, 2.75) is 26.0 Å². The van der Waals surface area contributed by atoms with Crippen molar-refractivity contribution in [2.75, 3.05) is 13.7 Å². The van der Waals surface area contributed by atoms with E-state index >= 15 is 0 Å². The summed E-state index contributed by atoms with van der Waals surface area (Å²) in [7, 11) is 1.22. The van der Waals surface area contributed by atoms with Crippen LogP contribution in [0, 0.1) is 5.41 Å². The smallest absolute Gasteiger partial charge is 0.343 e. The van der Waals surface area contributed by atoms with Crippen LogP contribution in [-0.4, -0.2) is 41.9 Å². The maximum absolute atomic E-state index is 11.7. The normalized spacial score (nSPS) is 9.71. The van der Waals surface area contributed by atoms with E-state index in [1.54, 1.807) is 6.92 Å². The molecule has 0 heterocycles. The number of imide groups is 1. The fraction of sp³-hybridized carbons (Fsp3) is 0.667. The third-order valence-electron chi connectivity index (χ3n) is 1.51. The summed E-state index contributed by atoms with van der Waals surface area (Å²) in [4.78, 5) is 23.8. The lowest BCUT2D eigenvalue weighted by Crippen LogP contribution is -2.50. The van der Waals surface area contributed by atoms with Crippen LogP contribution in [0.5, 0.6) is 0 Å². The minimum Gasteiger partial charge on any atom is -0.468 e. The van der Waals surface area contributed by atoms with Crippen molar-refractivity contribution in [3.63, 3.8) is 0 Å². The lowest BCUT2D eigenvalue weighted by atomic mass is 10.6. The summed E-state index contributed by atoms with van der Waals surface area (Å²) in [5, 5.41) is 9.99.